The van der Waals surface area contributed by atoms with Crippen LogP contribution in [0.1, 0.15) is 26.2 Å². The van der Waals surface area contributed by atoms with Gasteiger partial charge in [0.25, 0.3) is 0 Å². The summed E-state index contributed by atoms with van der Waals surface area (Å²) in [4.78, 5) is 4.50. The maximum absolute atomic E-state index is 7.75. The minimum Gasteiger partial charge on any atom is -0.361 e. The van der Waals surface area contributed by atoms with E-state index < -0.39 is 0 Å². The first kappa shape index (κ1) is 11.5. The van der Waals surface area contributed by atoms with Gasteiger partial charge in [0.15, 0.2) is 0 Å². The van der Waals surface area contributed by atoms with Crippen LogP contribution in [0, 0.1) is 11.3 Å². The lowest BCUT2D eigenvalue weighted by Crippen LogP contribution is -2.40. The number of nitrogens with zero attached hydrogens (tertiary/aromatic N) is 2. The highest BCUT2D eigenvalue weighted by Gasteiger charge is 2.20. The van der Waals surface area contributed by atoms with Crippen LogP contribution >= 0.6 is 0 Å². The minimum absolute atomic E-state index is 0.813. The molecule has 0 aromatic carbocycles. The fraction of sp³-hybridized carbons (Fsp3) is 0.909. The Hall–Kier alpha value is -0.570. The molecule has 3 heteroatoms. The Morgan fingerprint density at radius 3 is 2.36 bits per heavy atom. The second-order valence-electron chi connectivity index (χ2n) is 4.49. The van der Waals surface area contributed by atoms with E-state index in [-0.39, 0.29) is 0 Å². The summed E-state index contributed by atoms with van der Waals surface area (Å²) in [7, 11) is 4.28. The molecular formula is C11H23N3. The van der Waals surface area contributed by atoms with Crippen molar-refractivity contribution in [3.8, 4) is 0 Å². The summed E-state index contributed by atoms with van der Waals surface area (Å²) in [5, 5.41) is 7.75. The van der Waals surface area contributed by atoms with E-state index in [2.05, 4.69) is 30.8 Å². The SMILES string of the molecule is CCC(=N)N1CCC(CN(C)C)CC1. The molecule has 0 aromatic rings. The zero-order valence-corrected chi connectivity index (χ0v) is 9.71. The third-order valence-corrected chi connectivity index (χ3v) is 2.95. The molecule has 1 aliphatic rings. The molecule has 0 spiro atoms. The fourth-order valence-electron chi connectivity index (χ4n) is 2.13. The molecule has 0 amide bonds. The molecule has 82 valence electrons. The largest absolute Gasteiger partial charge is 0.361 e. The molecule has 0 unspecified atom stereocenters. The lowest BCUT2D eigenvalue weighted by Gasteiger charge is -2.34. The molecule has 0 aliphatic carbocycles. The summed E-state index contributed by atoms with van der Waals surface area (Å²) in [6, 6.07) is 0. The highest BCUT2D eigenvalue weighted by atomic mass is 15.2. The average molecular weight is 197 g/mol. The molecule has 14 heavy (non-hydrogen) atoms. The van der Waals surface area contributed by atoms with Crippen molar-refractivity contribution in [3.63, 3.8) is 0 Å². The van der Waals surface area contributed by atoms with Crippen molar-refractivity contribution in [1.29, 1.82) is 5.41 Å². The Bertz CT molecular complexity index is 181. The van der Waals surface area contributed by atoms with Crippen molar-refractivity contribution in [2.45, 2.75) is 26.2 Å². The van der Waals surface area contributed by atoms with Gasteiger partial charge in [0.05, 0.1) is 5.84 Å². The van der Waals surface area contributed by atoms with Crippen LogP contribution in [0.3, 0.4) is 0 Å². The molecule has 1 heterocycles. The Kier molecular flexibility index (Phi) is 4.39. The third-order valence-electron chi connectivity index (χ3n) is 2.95. The quantitative estimate of drug-likeness (QED) is 0.551. The van der Waals surface area contributed by atoms with Gasteiger partial charge in [-0.05, 0) is 32.9 Å². The second-order valence-corrected chi connectivity index (χ2v) is 4.49. The van der Waals surface area contributed by atoms with Crippen molar-refractivity contribution < 1.29 is 0 Å². The van der Waals surface area contributed by atoms with Crippen molar-refractivity contribution in [2.24, 2.45) is 5.92 Å². The molecular weight excluding hydrogens is 174 g/mol. The Labute approximate surface area is 87.6 Å². The van der Waals surface area contributed by atoms with E-state index in [1.807, 2.05) is 0 Å². The summed E-state index contributed by atoms with van der Waals surface area (Å²) in [6.07, 6.45) is 3.37. The number of nitrogens with one attached hydrogen (secondary N) is 1. The molecule has 0 bridgehead atoms. The fourth-order valence-corrected chi connectivity index (χ4v) is 2.13. The first-order valence-electron chi connectivity index (χ1n) is 5.60. The van der Waals surface area contributed by atoms with Gasteiger partial charge in [-0.25, -0.2) is 0 Å². The van der Waals surface area contributed by atoms with E-state index >= 15 is 0 Å². The lowest BCUT2D eigenvalue weighted by atomic mass is 9.96. The van der Waals surface area contributed by atoms with E-state index in [0.29, 0.717) is 0 Å². The normalized spacial score (nSPS) is 19.0. The molecule has 1 aliphatic heterocycles. The van der Waals surface area contributed by atoms with E-state index in [1.165, 1.54) is 19.4 Å². The van der Waals surface area contributed by atoms with Crippen LogP contribution in [-0.2, 0) is 0 Å². The highest BCUT2D eigenvalue weighted by Crippen LogP contribution is 2.18. The molecule has 0 atom stereocenters. The van der Waals surface area contributed by atoms with Gasteiger partial charge in [-0.15, -0.1) is 0 Å². The lowest BCUT2D eigenvalue weighted by molar-refractivity contribution is 0.217. The van der Waals surface area contributed by atoms with Crippen molar-refractivity contribution in [1.82, 2.24) is 9.80 Å². The summed E-state index contributed by atoms with van der Waals surface area (Å²) in [6.45, 7) is 5.44. The van der Waals surface area contributed by atoms with Gasteiger partial charge >= 0.3 is 0 Å². The minimum atomic E-state index is 0.813. The average Bonchev–Trinajstić information content (AvgIpc) is 2.17. The molecule has 0 radical (unpaired) electrons. The van der Waals surface area contributed by atoms with Gasteiger partial charge in [0, 0.05) is 26.1 Å². The van der Waals surface area contributed by atoms with E-state index in [9.17, 15) is 0 Å². The monoisotopic (exact) mass is 197 g/mol. The molecule has 1 saturated heterocycles. The molecule has 3 nitrogen and oxygen atoms in total. The van der Waals surface area contributed by atoms with Gasteiger partial charge < -0.3 is 9.80 Å². The van der Waals surface area contributed by atoms with Crippen LogP contribution < -0.4 is 0 Å². The Morgan fingerprint density at radius 1 is 1.36 bits per heavy atom. The van der Waals surface area contributed by atoms with Gasteiger partial charge in [-0.3, -0.25) is 5.41 Å². The van der Waals surface area contributed by atoms with Crippen molar-refractivity contribution in [3.05, 3.63) is 0 Å². The predicted molar refractivity (Wildman–Crippen MR) is 60.9 cm³/mol. The third kappa shape index (κ3) is 3.29. The van der Waals surface area contributed by atoms with E-state index in [4.69, 9.17) is 5.41 Å². The van der Waals surface area contributed by atoms with E-state index in [1.54, 1.807) is 0 Å². The molecule has 0 aromatic heterocycles. The van der Waals surface area contributed by atoms with Crippen LogP contribution in [0.5, 0.6) is 0 Å². The van der Waals surface area contributed by atoms with Gasteiger partial charge in [-0.1, -0.05) is 6.92 Å². The molecule has 1 fully saturated rings. The number of hydrogen-bond acceptors (Lipinski definition) is 2. The maximum Gasteiger partial charge on any atom is 0.0954 e. The van der Waals surface area contributed by atoms with Crippen molar-refractivity contribution >= 4 is 5.84 Å². The molecule has 0 saturated carbocycles. The smallest absolute Gasteiger partial charge is 0.0954 e. The topological polar surface area (TPSA) is 30.3 Å². The standard InChI is InChI=1S/C11H23N3/c1-4-11(12)14-7-5-10(6-8-14)9-13(2)3/h10,12H,4-9H2,1-3H3. The summed E-state index contributed by atoms with van der Waals surface area (Å²) < 4.78 is 0. The zero-order valence-electron chi connectivity index (χ0n) is 9.71. The Balaban J connectivity index is 2.27. The maximum atomic E-state index is 7.75. The van der Waals surface area contributed by atoms with Gasteiger partial charge in [-0.2, -0.15) is 0 Å². The van der Waals surface area contributed by atoms with Crippen LogP contribution in [0.15, 0.2) is 0 Å². The number of hydrogen-bond donors (Lipinski definition) is 1. The first-order valence-corrected chi connectivity index (χ1v) is 5.60. The van der Waals surface area contributed by atoms with Crippen LogP contribution in [0.25, 0.3) is 0 Å². The Morgan fingerprint density at radius 2 is 1.93 bits per heavy atom. The van der Waals surface area contributed by atoms with Gasteiger partial charge in [0.2, 0.25) is 0 Å². The number of rotatable bonds is 3. The van der Waals surface area contributed by atoms with Gasteiger partial charge in [0.1, 0.15) is 0 Å². The highest BCUT2D eigenvalue weighted by molar-refractivity contribution is 5.78. The number of amidine groups is 1. The molecule has 1 rings (SSSR count). The number of likely N-dealkylation sites (tertiary alicyclic amines) is 1. The first-order chi connectivity index (χ1) is 6.63. The molecule has 1 N–H and O–H groups in total. The van der Waals surface area contributed by atoms with Crippen molar-refractivity contribution in [2.75, 3.05) is 33.7 Å². The summed E-state index contributed by atoms with van der Waals surface area (Å²) in [5.74, 6) is 1.65. The van der Waals surface area contributed by atoms with Crippen LogP contribution in [0.2, 0.25) is 0 Å². The zero-order chi connectivity index (χ0) is 10.6. The van der Waals surface area contributed by atoms with E-state index in [0.717, 1.165) is 31.3 Å². The predicted octanol–water partition coefficient (Wildman–Crippen LogP) is 1.65. The second kappa shape index (κ2) is 5.35. The van der Waals surface area contributed by atoms with Crippen LogP contribution in [0.4, 0.5) is 0 Å². The number of piperidine rings is 1. The van der Waals surface area contributed by atoms with Crippen LogP contribution in [-0.4, -0.2) is 49.4 Å². The summed E-state index contributed by atoms with van der Waals surface area (Å²) >= 11 is 0. The summed E-state index contributed by atoms with van der Waals surface area (Å²) in [5.41, 5.74) is 0.